The van der Waals surface area contributed by atoms with E-state index in [1.807, 2.05) is 38.1 Å². The minimum Gasteiger partial charge on any atom is -0.228 e. The van der Waals surface area contributed by atoms with Gasteiger partial charge < -0.3 is 0 Å². The Morgan fingerprint density at radius 2 is 1.75 bits per heavy atom. The Labute approximate surface area is 126 Å². The smallest absolute Gasteiger partial charge is 0.225 e. The van der Waals surface area contributed by atoms with Crippen molar-refractivity contribution in [2.24, 2.45) is 0 Å². The zero-order valence-electron chi connectivity index (χ0n) is 11.0. The Kier molecular flexibility index (Phi) is 3.32. The molecule has 3 nitrogen and oxygen atoms in total. The summed E-state index contributed by atoms with van der Waals surface area (Å²) in [7, 11) is 0. The van der Waals surface area contributed by atoms with E-state index in [1.54, 1.807) is 0 Å². The van der Waals surface area contributed by atoms with Gasteiger partial charge in [0.25, 0.3) is 0 Å². The predicted octanol–water partition coefficient (Wildman–Crippen LogP) is 4.62. The second-order valence-corrected chi connectivity index (χ2v) is 5.37. The minimum atomic E-state index is 0.107. The van der Waals surface area contributed by atoms with Gasteiger partial charge in [0.05, 0.1) is 11.1 Å². The fourth-order valence-corrected chi connectivity index (χ4v) is 2.71. The van der Waals surface area contributed by atoms with Crippen molar-refractivity contribution in [3.05, 3.63) is 51.9 Å². The highest BCUT2D eigenvalue weighted by Crippen LogP contribution is 2.28. The van der Waals surface area contributed by atoms with Gasteiger partial charge in [-0.15, -0.1) is 0 Å². The van der Waals surface area contributed by atoms with E-state index in [-0.39, 0.29) is 5.28 Å². The molecule has 3 aromatic rings. The number of hydrogen-bond acceptors (Lipinski definition) is 3. The maximum atomic E-state index is 6.12. The summed E-state index contributed by atoms with van der Waals surface area (Å²) < 4.78 is 0. The van der Waals surface area contributed by atoms with Gasteiger partial charge in [0.15, 0.2) is 5.65 Å². The van der Waals surface area contributed by atoms with Gasteiger partial charge in [0, 0.05) is 5.56 Å². The van der Waals surface area contributed by atoms with Crippen LogP contribution in [-0.2, 0) is 0 Å². The van der Waals surface area contributed by atoms with Crippen LogP contribution in [-0.4, -0.2) is 15.0 Å². The summed E-state index contributed by atoms with van der Waals surface area (Å²) in [6.07, 6.45) is 0. The molecule has 2 aromatic heterocycles. The molecule has 0 radical (unpaired) electrons. The van der Waals surface area contributed by atoms with Crippen molar-refractivity contribution in [3.63, 3.8) is 0 Å². The van der Waals surface area contributed by atoms with Gasteiger partial charge in [0.2, 0.25) is 5.28 Å². The fourth-order valence-electron chi connectivity index (χ4n) is 2.19. The van der Waals surface area contributed by atoms with Crippen LogP contribution < -0.4 is 0 Å². The molecule has 0 aliphatic heterocycles. The van der Waals surface area contributed by atoms with E-state index < -0.39 is 0 Å². The number of halogens is 2. The first-order valence-electron chi connectivity index (χ1n) is 6.12. The average molecular weight is 304 g/mol. The van der Waals surface area contributed by atoms with E-state index in [1.165, 1.54) is 5.56 Å². The molecule has 100 valence electrons. The van der Waals surface area contributed by atoms with E-state index in [9.17, 15) is 0 Å². The second kappa shape index (κ2) is 5.00. The zero-order valence-corrected chi connectivity index (χ0v) is 12.5. The first-order chi connectivity index (χ1) is 9.54. The highest BCUT2D eigenvalue weighted by atomic mass is 35.5. The van der Waals surface area contributed by atoms with Crippen LogP contribution in [0.2, 0.25) is 10.4 Å². The van der Waals surface area contributed by atoms with Gasteiger partial charge in [-0.05, 0) is 43.1 Å². The topological polar surface area (TPSA) is 38.7 Å². The van der Waals surface area contributed by atoms with Crippen molar-refractivity contribution in [3.8, 4) is 11.3 Å². The molecule has 0 amide bonds. The van der Waals surface area contributed by atoms with E-state index in [0.29, 0.717) is 10.8 Å². The molecule has 3 rings (SSSR count). The summed E-state index contributed by atoms with van der Waals surface area (Å²) >= 11 is 12.0. The first kappa shape index (κ1) is 13.3. The van der Waals surface area contributed by atoms with Crippen molar-refractivity contribution >= 4 is 34.2 Å². The van der Waals surface area contributed by atoms with E-state index in [4.69, 9.17) is 23.2 Å². The average Bonchev–Trinajstić information content (AvgIpc) is 2.37. The molecule has 0 fully saturated rings. The van der Waals surface area contributed by atoms with E-state index in [2.05, 4.69) is 21.0 Å². The lowest BCUT2D eigenvalue weighted by Crippen LogP contribution is -1.95. The fraction of sp³-hybridized carbons (Fsp3) is 0.133. The molecule has 2 heterocycles. The third-order valence-corrected chi connectivity index (χ3v) is 3.55. The second-order valence-electron chi connectivity index (χ2n) is 4.68. The number of hydrogen-bond donors (Lipinski definition) is 0. The largest absolute Gasteiger partial charge is 0.228 e. The Bertz CT molecular complexity index is 816. The summed E-state index contributed by atoms with van der Waals surface area (Å²) in [5.74, 6) is 0. The molecule has 0 N–H and O–H groups in total. The number of fused-ring (bicyclic) bond motifs is 1. The molecule has 0 bridgehead atoms. The van der Waals surface area contributed by atoms with Crippen molar-refractivity contribution in [2.75, 3.05) is 0 Å². The Morgan fingerprint density at radius 3 is 2.50 bits per heavy atom. The van der Waals surface area contributed by atoms with Crippen LogP contribution in [0, 0.1) is 13.8 Å². The quantitative estimate of drug-likeness (QED) is 0.486. The van der Waals surface area contributed by atoms with Crippen LogP contribution in [0.25, 0.3) is 22.3 Å². The van der Waals surface area contributed by atoms with Crippen LogP contribution in [0.1, 0.15) is 11.1 Å². The summed E-state index contributed by atoms with van der Waals surface area (Å²) in [4.78, 5) is 12.7. The first-order valence-corrected chi connectivity index (χ1v) is 6.87. The predicted molar refractivity (Wildman–Crippen MR) is 82.3 cm³/mol. The van der Waals surface area contributed by atoms with Crippen LogP contribution >= 0.6 is 23.2 Å². The maximum absolute atomic E-state index is 6.12. The third kappa shape index (κ3) is 2.35. The molecule has 0 saturated heterocycles. The van der Waals surface area contributed by atoms with Crippen LogP contribution in [0.5, 0.6) is 0 Å². The van der Waals surface area contributed by atoms with Gasteiger partial charge in [-0.2, -0.15) is 4.98 Å². The maximum Gasteiger partial charge on any atom is 0.225 e. The lowest BCUT2D eigenvalue weighted by Gasteiger charge is -2.08. The Hall–Kier alpha value is -1.71. The van der Waals surface area contributed by atoms with Crippen molar-refractivity contribution in [1.29, 1.82) is 0 Å². The molecule has 0 spiro atoms. The standard InChI is InChI=1S/C15H11Cl2N3/c1-8-4-3-5-10(6-8)11-7-9(2)12-13(16)19-15(17)20-14(12)18-11/h3-7H,1-2H3. The number of benzene rings is 1. The van der Waals surface area contributed by atoms with Gasteiger partial charge in [-0.1, -0.05) is 35.4 Å². The molecular formula is C15H11Cl2N3. The molecular weight excluding hydrogens is 293 g/mol. The zero-order chi connectivity index (χ0) is 14.3. The van der Waals surface area contributed by atoms with Crippen LogP contribution in [0.4, 0.5) is 0 Å². The molecule has 0 saturated carbocycles. The van der Waals surface area contributed by atoms with Gasteiger partial charge in [-0.25, -0.2) is 9.97 Å². The van der Waals surface area contributed by atoms with E-state index in [0.717, 1.165) is 22.2 Å². The molecule has 0 aliphatic carbocycles. The SMILES string of the molecule is Cc1cccc(-c2cc(C)c3c(Cl)nc(Cl)nc3n2)c1. The molecule has 5 heteroatoms. The lowest BCUT2D eigenvalue weighted by atomic mass is 10.1. The molecule has 0 atom stereocenters. The molecule has 0 aliphatic rings. The van der Waals surface area contributed by atoms with Gasteiger partial charge in [-0.3, -0.25) is 0 Å². The Balaban J connectivity index is 2.29. The number of rotatable bonds is 1. The molecule has 0 unspecified atom stereocenters. The van der Waals surface area contributed by atoms with Crippen molar-refractivity contribution in [2.45, 2.75) is 13.8 Å². The van der Waals surface area contributed by atoms with Crippen molar-refractivity contribution < 1.29 is 0 Å². The number of pyridine rings is 1. The highest BCUT2D eigenvalue weighted by Gasteiger charge is 2.11. The van der Waals surface area contributed by atoms with Crippen LogP contribution in [0.3, 0.4) is 0 Å². The van der Waals surface area contributed by atoms with Crippen molar-refractivity contribution in [1.82, 2.24) is 15.0 Å². The molecule has 1 aromatic carbocycles. The summed E-state index contributed by atoms with van der Waals surface area (Å²) in [6, 6.07) is 10.1. The van der Waals surface area contributed by atoms with Gasteiger partial charge in [0.1, 0.15) is 5.15 Å². The minimum absolute atomic E-state index is 0.107. The molecule has 20 heavy (non-hydrogen) atoms. The number of nitrogens with zero attached hydrogens (tertiary/aromatic N) is 3. The normalized spacial score (nSPS) is 11.0. The summed E-state index contributed by atoms with van der Waals surface area (Å²) in [5.41, 5.74) is 4.57. The van der Waals surface area contributed by atoms with E-state index >= 15 is 0 Å². The van der Waals surface area contributed by atoms with Crippen LogP contribution in [0.15, 0.2) is 30.3 Å². The summed E-state index contributed by atoms with van der Waals surface area (Å²) in [5, 5.41) is 1.18. The lowest BCUT2D eigenvalue weighted by molar-refractivity contribution is 1.17. The monoisotopic (exact) mass is 303 g/mol. The third-order valence-electron chi connectivity index (χ3n) is 3.11. The Morgan fingerprint density at radius 1 is 0.950 bits per heavy atom. The van der Waals surface area contributed by atoms with Gasteiger partial charge >= 0.3 is 0 Å². The summed E-state index contributed by atoms with van der Waals surface area (Å²) in [6.45, 7) is 4.01. The highest BCUT2D eigenvalue weighted by molar-refractivity contribution is 6.35. The number of aryl methyl sites for hydroxylation is 2. The number of aromatic nitrogens is 3.